The van der Waals surface area contributed by atoms with Gasteiger partial charge >= 0.3 is 6.03 Å². The highest BCUT2D eigenvalue weighted by Crippen LogP contribution is 2.23. The quantitative estimate of drug-likeness (QED) is 0.873. The number of carbonyl (C=O) groups excluding carboxylic acids is 1. The average molecular weight is 305 g/mol. The molecule has 2 rings (SSSR count). The van der Waals surface area contributed by atoms with Gasteiger partial charge in [-0.3, -0.25) is 4.90 Å². The summed E-state index contributed by atoms with van der Waals surface area (Å²) in [6.45, 7) is 4.59. The van der Waals surface area contributed by atoms with Gasteiger partial charge in [-0.2, -0.15) is 0 Å². The molecule has 1 atom stereocenters. The first-order chi connectivity index (χ1) is 10.6. The van der Waals surface area contributed by atoms with Crippen LogP contribution in [0.2, 0.25) is 0 Å². The Morgan fingerprint density at radius 3 is 2.59 bits per heavy atom. The molecule has 5 nitrogen and oxygen atoms in total. The van der Waals surface area contributed by atoms with Gasteiger partial charge in [0.2, 0.25) is 0 Å². The van der Waals surface area contributed by atoms with Crippen molar-refractivity contribution in [2.45, 2.75) is 31.8 Å². The molecule has 122 valence electrons. The van der Waals surface area contributed by atoms with Crippen LogP contribution in [-0.4, -0.2) is 60.3 Å². The monoisotopic (exact) mass is 305 g/mol. The van der Waals surface area contributed by atoms with Crippen molar-refractivity contribution < 1.29 is 9.90 Å². The van der Waals surface area contributed by atoms with Crippen LogP contribution in [0.4, 0.5) is 4.79 Å². The molecule has 1 aliphatic rings. The third kappa shape index (κ3) is 4.45. The van der Waals surface area contributed by atoms with Gasteiger partial charge in [-0.05, 0) is 25.3 Å². The molecule has 1 aromatic rings. The normalized spacial score (nSPS) is 18.0. The van der Waals surface area contributed by atoms with Gasteiger partial charge in [-0.15, -0.1) is 0 Å². The van der Waals surface area contributed by atoms with E-state index >= 15 is 0 Å². The van der Waals surface area contributed by atoms with E-state index in [1.54, 1.807) is 7.05 Å². The van der Waals surface area contributed by atoms with Crippen LogP contribution in [0.15, 0.2) is 30.3 Å². The number of rotatable bonds is 5. The van der Waals surface area contributed by atoms with Crippen molar-refractivity contribution in [3.63, 3.8) is 0 Å². The molecule has 1 saturated heterocycles. The van der Waals surface area contributed by atoms with Crippen molar-refractivity contribution in [2.24, 2.45) is 0 Å². The van der Waals surface area contributed by atoms with Crippen LogP contribution in [-0.2, 0) is 0 Å². The fourth-order valence-electron chi connectivity index (χ4n) is 2.91. The SMILES string of the molecule is CC(c1ccccc1)N1CCC(NC(=O)N(C)CCO)CC1. The molecule has 0 aromatic heterocycles. The molecule has 0 spiro atoms. The van der Waals surface area contributed by atoms with Gasteiger partial charge in [0.05, 0.1) is 6.61 Å². The molecule has 1 aliphatic heterocycles. The minimum absolute atomic E-state index is 0.00302. The number of hydrogen-bond acceptors (Lipinski definition) is 3. The highest BCUT2D eigenvalue weighted by Gasteiger charge is 2.25. The fourth-order valence-corrected chi connectivity index (χ4v) is 2.91. The zero-order chi connectivity index (χ0) is 15.9. The molecule has 0 radical (unpaired) electrons. The second-order valence-electron chi connectivity index (χ2n) is 5.99. The van der Waals surface area contributed by atoms with E-state index in [-0.39, 0.29) is 18.7 Å². The lowest BCUT2D eigenvalue weighted by atomic mass is 10.0. The largest absolute Gasteiger partial charge is 0.395 e. The number of aliphatic hydroxyl groups is 1. The minimum Gasteiger partial charge on any atom is -0.395 e. The van der Waals surface area contributed by atoms with Crippen molar-refractivity contribution in [3.8, 4) is 0 Å². The van der Waals surface area contributed by atoms with Gasteiger partial charge in [0.1, 0.15) is 0 Å². The number of likely N-dealkylation sites (tertiary alicyclic amines) is 1. The summed E-state index contributed by atoms with van der Waals surface area (Å²) in [6, 6.07) is 11.1. The number of carbonyl (C=O) groups is 1. The molecule has 1 fully saturated rings. The second-order valence-corrected chi connectivity index (χ2v) is 5.99. The lowest BCUT2D eigenvalue weighted by molar-refractivity contribution is 0.145. The number of nitrogens with one attached hydrogen (secondary N) is 1. The topological polar surface area (TPSA) is 55.8 Å². The maximum Gasteiger partial charge on any atom is 0.317 e. The molecular formula is C17H27N3O2. The third-order valence-corrected chi connectivity index (χ3v) is 4.47. The average Bonchev–Trinajstić information content (AvgIpc) is 2.56. The van der Waals surface area contributed by atoms with Crippen molar-refractivity contribution >= 4 is 6.03 Å². The summed E-state index contributed by atoms with van der Waals surface area (Å²) in [6.07, 6.45) is 1.94. The molecule has 1 aromatic carbocycles. The van der Waals surface area contributed by atoms with Gasteiger partial charge in [-0.1, -0.05) is 30.3 Å². The summed E-state index contributed by atoms with van der Waals surface area (Å²) in [5.74, 6) is 0. The molecule has 1 unspecified atom stereocenters. The zero-order valence-electron chi connectivity index (χ0n) is 13.5. The van der Waals surface area contributed by atoms with Crippen LogP contribution in [0.25, 0.3) is 0 Å². The van der Waals surface area contributed by atoms with Crippen molar-refractivity contribution in [2.75, 3.05) is 33.3 Å². The molecule has 2 N–H and O–H groups in total. The first-order valence-corrected chi connectivity index (χ1v) is 8.03. The lowest BCUT2D eigenvalue weighted by Gasteiger charge is -2.37. The maximum absolute atomic E-state index is 11.9. The fraction of sp³-hybridized carbons (Fsp3) is 0.588. The highest BCUT2D eigenvalue weighted by atomic mass is 16.3. The number of amides is 2. The van der Waals surface area contributed by atoms with Crippen molar-refractivity contribution in [1.29, 1.82) is 0 Å². The molecule has 5 heteroatoms. The third-order valence-electron chi connectivity index (χ3n) is 4.47. The Hall–Kier alpha value is -1.59. The predicted octanol–water partition coefficient (Wildman–Crippen LogP) is 1.85. The van der Waals surface area contributed by atoms with Gasteiger partial charge in [0, 0.05) is 38.8 Å². The Bertz CT molecular complexity index is 458. The van der Waals surface area contributed by atoms with Crippen LogP contribution in [0, 0.1) is 0 Å². The Balaban J connectivity index is 1.79. The van der Waals surface area contributed by atoms with E-state index in [9.17, 15) is 4.79 Å². The Labute approximate surface area is 132 Å². The lowest BCUT2D eigenvalue weighted by Crippen LogP contribution is -2.49. The van der Waals surface area contributed by atoms with E-state index < -0.39 is 0 Å². The van der Waals surface area contributed by atoms with Gasteiger partial charge < -0.3 is 15.3 Å². The first-order valence-electron chi connectivity index (χ1n) is 8.03. The number of piperidine rings is 1. The molecule has 0 saturated carbocycles. The molecule has 22 heavy (non-hydrogen) atoms. The van der Waals surface area contributed by atoms with Gasteiger partial charge in [0.25, 0.3) is 0 Å². The molecule has 1 heterocycles. The summed E-state index contributed by atoms with van der Waals surface area (Å²) in [5, 5.41) is 11.9. The van der Waals surface area contributed by atoms with Crippen LogP contribution in [0.3, 0.4) is 0 Å². The molecule has 0 bridgehead atoms. The summed E-state index contributed by atoms with van der Waals surface area (Å²) in [5.41, 5.74) is 1.34. The molecule has 0 aliphatic carbocycles. The first kappa shape index (κ1) is 16.8. The van der Waals surface area contributed by atoms with E-state index in [1.165, 1.54) is 10.5 Å². The standard InChI is InChI=1S/C17H27N3O2/c1-14(15-6-4-3-5-7-15)20-10-8-16(9-11-20)18-17(22)19(2)12-13-21/h3-7,14,16,21H,8-13H2,1-2H3,(H,18,22). The smallest absolute Gasteiger partial charge is 0.317 e. The number of urea groups is 1. The van der Waals surface area contributed by atoms with Crippen LogP contribution >= 0.6 is 0 Å². The predicted molar refractivity (Wildman–Crippen MR) is 87.7 cm³/mol. The van der Waals surface area contributed by atoms with E-state index in [0.717, 1.165) is 25.9 Å². The van der Waals surface area contributed by atoms with E-state index in [4.69, 9.17) is 5.11 Å². The summed E-state index contributed by atoms with van der Waals surface area (Å²) in [4.78, 5) is 15.9. The van der Waals surface area contributed by atoms with Crippen molar-refractivity contribution in [1.82, 2.24) is 15.1 Å². The highest BCUT2D eigenvalue weighted by molar-refractivity contribution is 5.74. The number of nitrogens with zero attached hydrogens (tertiary/aromatic N) is 2. The Kier molecular flexibility index (Phi) is 6.21. The maximum atomic E-state index is 11.9. The molecule has 2 amide bonds. The number of hydrogen-bond donors (Lipinski definition) is 2. The number of likely N-dealkylation sites (N-methyl/N-ethyl adjacent to an activating group) is 1. The van der Waals surface area contributed by atoms with E-state index in [1.807, 2.05) is 6.07 Å². The number of benzene rings is 1. The van der Waals surface area contributed by atoms with E-state index in [2.05, 4.69) is 41.4 Å². The van der Waals surface area contributed by atoms with Gasteiger partial charge in [-0.25, -0.2) is 4.79 Å². The van der Waals surface area contributed by atoms with Crippen LogP contribution in [0.5, 0.6) is 0 Å². The van der Waals surface area contributed by atoms with Gasteiger partial charge in [0.15, 0.2) is 0 Å². The summed E-state index contributed by atoms with van der Waals surface area (Å²) < 4.78 is 0. The summed E-state index contributed by atoms with van der Waals surface area (Å²) >= 11 is 0. The van der Waals surface area contributed by atoms with Crippen LogP contribution in [0.1, 0.15) is 31.4 Å². The molecular weight excluding hydrogens is 278 g/mol. The van der Waals surface area contributed by atoms with Crippen LogP contribution < -0.4 is 5.32 Å². The van der Waals surface area contributed by atoms with Crippen molar-refractivity contribution in [3.05, 3.63) is 35.9 Å². The second kappa shape index (κ2) is 8.15. The van der Waals surface area contributed by atoms with E-state index in [0.29, 0.717) is 12.6 Å². The minimum atomic E-state index is -0.0939. The zero-order valence-corrected chi connectivity index (χ0v) is 13.5. The number of aliphatic hydroxyl groups excluding tert-OH is 1. The Morgan fingerprint density at radius 1 is 1.36 bits per heavy atom. The Morgan fingerprint density at radius 2 is 2.00 bits per heavy atom. The summed E-state index contributed by atoms with van der Waals surface area (Å²) in [7, 11) is 1.71.